The van der Waals surface area contributed by atoms with Crippen LogP contribution in [0.4, 0.5) is 4.79 Å². The van der Waals surface area contributed by atoms with Crippen LogP contribution in [0.1, 0.15) is 53.9 Å². The third kappa shape index (κ3) is 4.62. The van der Waals surface area contributed by atoms with E-state index >= 15 is 0 Å². The van der Waals surface area contributed by atoms with Gasteiger partial charge in [0.05, 0.1) is 12.6 Å². The molecule has 0 saturated carbocycles. The Balaban J connectivity index is 2.00. The molecule has 0 aromatic carbocycles. The predicted molar refractivity (Wildman–Crippen MR) is 91.5 cm³/mol. The smallest absolute Gasteiger partial charge is 0.411 e. The summed E-state index contributed by atoms with van der Waals surface area (Å²) < 4.78 is 5.39. The van der Waals surface area contributed by atoms with Gasteiger partial charge in [0.1, 0.15) is 11.6 Å². The highest BCUT2D eigenvalue weighted by Gasteiger charge is 2.43. The molecule has 2 heterocycles. The Morgan fingerprint density at radius 2 is 1.75 bits per heavy atom. The fourth-order valence-corrected chi connectivity index (χ4v) is 3.57. The van der Waals surface area contributed by atoms with Crippen molar-refractivity contribution in [2.75, 3.05) is 19.6 Å². The molecule has 2 saturated heterocycles. The molecule has 138 valence electrons. The summed E-state index contributed by atoms with van der Waals surface area (Å²) in [6.07, 6.45) is 1.12. The van der Waals surface area contributed by atoms with Crippen molar-refractivity contribution >= 4 is 12.0 Å². The molecular weight excluding hydrogens is 308 g/mol. The van der Waals surface area contributed by atoms with Gasteiger partial charge in [-0.1, -0.05) is 13.8 Å². The molecule has 6 heteroatoms. The molecule has 2 aliphatic heterocycles. The van der Waals surface area contributed by atoms with Crippen LogP contribution in [-0.4, -0.2) is 64.3 Å². The van der Waals surface area contributed by atoms with Crippen LogP contribution in [0.5, 0.6) is 0 Å². The van der Waals surface area contributed by atoms with Crippen LogP contribution in [0.3, 0.4) is 0 Å². The van der Waals surface area contributed by atoms with Crippen LogP contribution >= 0.6 is 0 Å². The monoisotopic (exact) mass is 340 g/mol. The summed E-state index contributed by atoms with van der Waals surface area (Å²) in [5.41, 5.74) is -0.617. The van der Waals surface area contributed by atoms with Gasteiger partial charge in [-0.25, -0.2) is 4.79 Å². The second kappa shape index (κ2) is 7.30. The number of β-amino-alcohol motifs (C(OH)–C–C–N with tert-alkyl or cyclic N) is 1. The number of nitrogens with zero attached hydrogens (tertiary/aromatic N) is 2. The number of rotatable bonds is 2. The number of likely N-dealkylation sites (tertiary alicyclic amines) is 2. The lowest BCUT2D eigenvalue weighted by atomic mass is 9.86. The van der Waals surface area contributed by atoms with Crippen molar-refractivity contribution in [1.29, 1.82) is 0 Å². The van der Waals surface area contributed by atoms with E-state index in [4.69, 9.17) is 4.74 Å². The number of carbonyl (C=O) groups excluding carboxylic acids is 2. The summed E-state index contributed by atoms with van der Waals surface area (Å²) in [6.45, 7) is 11.5. The van der Waals surface area contributed by atoms with E-state index in [1.165, 1.54) is 4.90 Å². The average Bonchev–Trinajstić information content (AvgIpc) is 2.87. The first-order valence-corrected chi connectivity index (χ1v) is 9.05. The molecular formula is C18H32N2O4. The van der Waals surface area contributed by atoms with Crippen LogP contribution in [0, 0.1) is 11.8 Å². The van der Waals surface area contributed by atoms with E-state index in [1.807, 2.05) is 4.90 Å². The molecule has 2 fully saturated rings. The molecule has 0 spiro atoms. The van der Waals surface area contributed by atoms with E-state index < -0.39 is 23.8 Å². The Morgan fingerprint density at radius 1 is 1.17 bits per heavy atom. The highest BCUT2D eigenvalue weighted by molar-refractivity contribution is 5.86. The summed E-state index contributed by atoms with van der Waals surface area (Å²) in [7, 11) is 0. The van der Waals surface area contributed by atoms with Gasteiger partial charge in [0, 0.05) is 19.5 Å². The average molecular weight is 340 g/mol. The first-order valence-electron chi connectivity index (χ1n) is 9.05. The zero-order chi connectivity index (χ0) is 18.1. The molecule has 2 amide bonds. The van der Waals surface area contributed by atoms with Crippen molar-refractivity contribution < 1.29 is 19.4 Å². The molecule has 24 heavy (non-hydrogen) atoms. The SMILES string of the molecule is CC(C)C1CCN(C(=O)[C@@H]2C[C@@H](O)CN2C(=O)OC(C)(C)C)CC1. The topological polar surface area (TPSA) is 70.1 Å². The summed E-state index contributed by atoms with van der Waals surface area (Å²) in [4.78, 5) is 28.5. The molecule has 0 aliphatic carbocycles. The van der Waals surface area contributed by atoms with Gasteiger partial charge >= 0.3 is 6.09 Å². The lowest BCUT2D eigenvalue weighted by Crippen LogP contribution is -2.51. The number of amides is 2. The number of carbonyl (C=O) groups is 2. The number of aliphatic hydroxyl groups excluding tert-OH is 1. The van der Waals surface area contributed by atoms with Gasteiger partial charge in [-0.3, -0.25) is 9.69 Å². The van der Waals surface area contributed by atoms with Gasteiger partial charge in [0.25, 0.3) is 0 Å². The number of piperidine rings is 1. The minimum absolute atomic E-state index is 0.0559. The van der Waals surface area contributed by atoms with Gasteiger partial charge < -0.3 is 14.7 Å². The van der Waals surface area contributed by atoms with Crippen LogP contribution < -0.4 is 0 Å². The number of hydrogen-bond donors (Lipinski definition) is 1. The lowest BCUT2D eigenvalue weighted by Gasteiger charge is -2.36. The van der Waals surface area contributed by atoms with E-state index in [2.05, 4.69) is 13.8 Å². The third-order valence-corrected chi connectivity index (χ3v) is 4.99. The molecule has 2 atom stereocenters. The van der Waals surface area contributed by atoms with Crippen molar-refractivity contribution in [2.24, 2.45) is 11.8 Å². The molecule has 0 aromatic rings. The fraction of sp³-hybridized carbons (Fsp3) is 0.889. The third-order valence-electron chi connectivity index (χ3n) is 4.99. The van der Waals surface area contributed by atoms with Gasteiger partial charge in [-0.05, 0) is 45.4 Å². The minimum atomic E-state index is -0.667. The van der Waals surface area contributed by atoms with Gasteiger partial charge in [-0.2, -0.15) is 0 Å². The van der Waals surface area contributed by atoms with E-state index in [0.717, 1.165) is 25.9 Å². The van der Waals surface area contributed by atoms with E-state index in [1.54, 1.807) is 20.8 Å². The van der Waals surface area contributed by atoms with Crippen LogP contribution in [-0.2, 0) is 9.53 Å². The second-order valence-electron chi connectivity index (χ2n) is 8.44. The van der Waals surface area contributed by atoms with Crippen molar-refractivity contribution in [3.63, 3.8) is 0 Å². The van der Waals surface area contributed by atoms with Gasteiger partial charge in [0.15, 0.2) is 0 Å². The van der Waals surface area contributed by atoms with Crippen LogP contribution in [0.2, 0.25) is 0 Å². The normalized spacial score (nSPS) is 26.1. The summed E-state index contributed by atoms with van der Waals surface area (Å²) in [5, 5.41) is 9.96. The highest BCUT2D eigenvalue weighted by Crippen LogP contribution is 2.28. The number of aliphatic hydroxyl groups is 1. The molecule has 0 radical (unpaired) electrons. The van der Waals surface area contributed by atoms with E-state index in [0.29, 0.717) is 18.3 Å². The molecule has 1 N–H and O–H groups in total. The summed E-state index contributed by atoms with van der Waals surface area (Å²) in [5.74, 6) is 1.23. The Morgan fingerprint density at radius 3 is 2.25 bits per heavy atom. The lowest BCUT2D eigenvalue weighted by molar-refractivity contribution is -0.137. The number of ether oxygens (including phenoxy) is 1. The van der Waals surface area contributed by atoms with Crippen LogP contribution in [0.25, 0.3) is 0 Å². The summed E-state index contributed by atoms with van der Waals surface area (Å²) >= 11 is 0. The van der Waals surface area contributed by atoms with Crippen molar-refractivity contribution in [2.45, 2.75) is 71.6 Å². The zero-order valence-electron chi connectivity index (χ0n) is 15.6. The largest absolute Gasteiger partial charge is 0.444 e. The fourth-order valence-electron chi connectivity index (χ4n) is 3.57. The van der Waals surface area contributed by atoms with Crippen molar-refractivity contribution in [3.05, 3.63) is 0 Å². The molecule has 0 bridgehead atoms. The zero-order valence-corrected chi connectivity index (χ0v) is 15.6. The maximum absolute atomic E-state index is 12.9. The Bertz CT molecular complexity index is 464. The first kappa shape index (κ1) is 19.0. The Kier molecular flexibility index (Phi) is 5.78. The minimum Gasteiger partial charge on any atom is -0.444 e. The van der Waals surface area contributed by atoms with Gasteiger partial charge in [-0.15, -0.1) is 0 Å². The quantitative estimate of drug-likeness (QED) is 0.837. The molecule has 0 aromatic heterocycles. The predicted octanol–water partition coefficient (Wildman–Crippen LogP) is 2.25. The second-order valence-corrected chi connectivity index (χ2v) is 8.44. The summed E-state index contributed by atoms with van der Waals surface area (Å²) in [6, 6.07) is -0.606. The molecule has 2 aliphatic rings. The molecule has 2 rings (SSSR count). The molecule has 0 unspecified atom stereocenters. The number of hydrogen-bond acceptors (Lipinski definition) is 4. The Hall–Kier alpha value is -1.30. The first-order chi connectivity index (χ1) is 11.1. The Labute approximate surface area is 145 Å². The van der Waals surface area contributed by atoms with E-state index in [9.17, 15) is 14.7 Å². The molecule has 6 nitrogen and oxygen atoms in total. The van der Waals surface area contributed by atoms with Crippen molar-refractivity contribution in [3.8, 4) is 0 Å². The highest BCUT2D eigenvalue weighted by atomic mass is 16.6. The van der Waals surface area contributed by atoms with Crippen molar-refractivity contribution in [1.82, 2.24) is 9.80 Å². The van der Waals surface area contributed by atoms with Gasteiger partial charge in [0.2, 0.25) is 5.91 Å². The standard InChI is InChI=1S/C18H32N2O4/c1-12(2)13-6-8-19(9-7-13)16(22)15-10-14(21)11-20(15)17(23)24-18(3,4)5/h12-15,21H,6-11H2,1-5H3/t14-,15+/m1/s1. The maximum Gasteiger partial charge on any atom is 0.411 e. The maximum atomic E-state index is 12.9. The van der Waals surface area contributed by atoms with E-state index in [-0.39, 0.29) is 12.5 Å². The van der Waals surface area contributed by atoms with Crippen LogP contribution in [0.15, 0.2) is 0 Å².